The summed E-state index contributed by atoms with van der Waals surface area (Å²) in [6.45, 7) is 4.39. The van der Waals surface area contributed by atoms with Gasteiger partial charge >= 0.3 is 0 Å². The Balaban J connectivity index is 1.84. The fourth-order valence-corrected chi connectivity index (χ4v) is 2.28. The number of benzene rings is 1. The molecule has 0 spiro atoms. The summed E-state index contributed by atoms with van der Waals surface area (Å²) in [7, 11) is 1.82. The lowest BCUT2D eigenvalue weighted by Crippen LogP contribution is -2.04. The number of nitrogens with zero attached hydrogens (tertiary/aromatic N) is 4. The van der Waals surface area contributed by atoms with Crippen molar-refractivity contribution in [3.05, 3.63) is 46.5 Å². The summed E-state index contributed by atoms with van der Waals surface area (Å²) in [4.78, 5) is 8.68. The smallest absolute Gasteiger partial charge is 0.170 e. The Morgan fingerprint density at radius 2 is 2.00 bits per heavy atom. The van der Waals surface area contributed by atoms with Crippen LogP contribution in [0.2, 0.25) is 5.15 Å². The zero-order valence-corrected chi connectivity index (χ0v) is 12.8. The summed E-state index contributed by atoms with van der Waals surface area (Å²) in [5.74, 6) is 1.33. The molecule has 0 atom stereocenters. The minimum absolute atomic E-state index is 0.267. The van der Waals surface area contributed by atoms with Gasteiger partial charge in [0.05, 0.1) is 11.6 Å². The van der Waals surface area contributed by atoms with Crippen molar-refractivity contribution in [1.82, 2.24) is 19.7 Å². The summed E-state index contributed by atoms with van der Waals surface area (Å²) in [6, 6.07) is 5.97. The van der Waals surface area contributed by atoms with Gasteiger partial charge < -0.3 is 4.74 Å². The molecule has 5 nitrogen and oxygen atoms in total. The van der Waals surface area contributed by atoms with Crippen molar-refractivity contribution < 1.29 is 4.74 Å². The van der Waals surface area contributed by atoms with Crippen LogP contribution in [0, 0.1) is 13.8 Å². The largest absolute Gasteiger partial charge is 0.486 e. The highest BCUT2D eigenvalue weighted by Gasteiger charge is 2.10. The maximum atomic E-state index is 6.14. The van der Waals surface area contributed by atoms with Gasteiger partial charge in [0.15, 0.2) is 11.5 Å². The van der Waals surface area contributed by atoms with Gasteiger partial charge in [0, 0.05) is 7.05 Å². The fourth-order valence-electron chi connectivity index (χ4n) is 2.05. The summed E-state index contributed by atoms with van der Waals surface area (Å²) in [5, 5.41) is 5.27. The number of ether oxygens (including phenoxy) is 1. The topological polar surface area (TPSA) is 52.8 Å². The van der Waals surface area contributed by atoms with Gasteiger partial charge in [-0.1, -0.05) is 17.7 Å². The summed E-state index contributed by atoms with van der Waals surface area (Å²) in [6.07, 6.45) is 1.66. The lowest BCUT2D eigenvalue weighted by Gasteiger charge is -2.08. The highest BCUT2D eigenvalue weighted by molar-refractivity contribution is 6.33. The molecule has 0 radical (unpaired) electrons. The Bertz CT molecular complexity index is 813. The van der Waals surface area contributed by atoms with E-state index in [1.165, 1.54) is 11.1 Å². The van der Waals surface area contributed by atoms with Crippen molar-refractivity contribution in [3.8, 4) is 5.75 Å². The van der Waals surface area contributed by atoms with Crippen molar-refractivity contribution >= 4 is 22.6 Å². The fraction of sp³-hybridized carbons (Fsp3) is 0.267. The molecule has 0 fully saturated rings. The molecule has 0 saturated carbocycles. The van der Waals surface area contributed by atoms with Crippen molar-refractivity contribution in [3.63, 3.8) is 0 Å². The van der Waals surface area contributed by atoms with Gasteiger partial charge in [-0.2, -0.15) is 5.10 Å². The molecular weight excluding hydrogens is 288 g/mol. The van der Waals surface area contributed by atoms with Crippen LogP contribution in [-0.4, -0.2) is 19.7 Å². The van der Waals surface area contributed by atoms with Crippen LogP contribution < -0.4 is 4.74 Å². The van der Waals surface area contributed by atoms with Gasteiger partial charge in [-0.3, -0.25) is 4.68 Å². The first-order chi connectivity index (χ1) is 10.0. The number of fused-ring (bicyclic) bond motifs is 1. The van der Waals surface area contributed by atoms with Gasteiger partial charge in [-0.05, 0) is 37.1 Å². The highest BCUT2D eigenvalue weighted by Crippen LogP contribution is 2.21. The molecule has 2 heterocycles. The van der Waals surface area contributed by atoms with E-state index in [1.807, 2.05) is 25.2 Å². The predicted molar refractivity (Wildman–Crippen MR) is 81.6 cm³/mol. The SMILES string of the molecule is Cc1ccc(OCc2nc(Cl)c3cnn(C)c3n2)cc1C. The highest BCUT2D eigenvalue weighted by atomic mass is 35.5. The molecule has 3 rings (SSSR count). The monoisotopic (exact) mass is 302 g/mol. The summed E-state index contributed by atoms with van der Waals surface area (Å²) in [5.41, 5.74) is 3.13. The van der Waals surface area contributed by atoms with Gasteiger partial charge in [0.2, 0.25) is 0 Å². The molecule has 6 heteroatoms. The Morgan fingerprint density at radius 3 is 2.76 bits per heavy atom. The minimum atomic E-state index is 0.267. The number of rotatable bonds is 3. The molecule has 108 valence electrons. The third-order valence-electron chi connectivity index (χ3n) is 3.44. The normalized spacial score (nSPS) is 11.0. The summed E-state index contributed by atoms with van der Waals surface area (Å²) < 4.78 is 7.40. The Labute approximate surface area is 127 Å². The minimum Gasteiger partial charge on any atom is -0.486 e. The first-order valence-electron chi connectivity index (χ1n) is 6.59. The van der Waals surface area contributed by atoms with E-state index in [0.29, 0.717) is 16.6 Å². The lowest BCUT2D eigenvalue weighted by molar-refractivity contribution is 0.296. The molecule has 0 unspecified atom stereocenters. The van der Waals surface area contributed by atoms with Crippen LogP contribution in [0.15, 0.2) is 24.4 Å². The van der Waals surface area contributed by atoms with Crippen molar-refractivity contribution in [2.75, 3.05) is 0 Å². The van der Waals surface area contributed by atoms with E-state index in [-0.39, 0.29) is 6.61 Å². The van der Waals surface area contributed by atoms with E-state index < -0.39 is 0 Å². The second-order valence-electron chi connectivity index (χ2n) is 4.97. The van der Waals surface area contributed by atoms with Crippen LogP contribution in [0.5, 0.6) is 5.75 Å². The van der Waals surface area contributed by atoms with E-state index in [2.05, 4.69) is 28.9 Å². The van der Waals surface area contributed by atoms with E-state index in [9.17, 15) is 0 Å². The van der Waals surface area contributed by atoms with Gasteiger partial charge in [-0.25, -0.2) is 9.97 Å². The Hall–Kier alpha value is -2.14. The van der Waals surface area contributed by atoms with Crippen molar-refractivity contribution in [1.29, 1.82) is 0 Å². The lowest BCUT2D eigenvalue weighted by atomic mass is 10.1. The number of hydrogen-bond donors (Lipinski definition) is 0. The molecule has 0 aliphatic rings. The number of aryl methyl sites for hydroxylation is 3. The average Bonchev–Trinajstić information content (AvgIpc) is 2.83. The standard InChI is InChI=1S/C15H15ClN4O/c1-9-4-5-11(6-10(9)2)21-8-13-18-14(16)12-7-17-20(3)15(12)19-13/h4-7H,8H2,1-3H3. The van der Waals surface area contributed by atoms with Crippen LogP contribution in [0.25, 0.3) is 11.0 Å². The van der Waals surface area contributed by atoms with Crippen LogP contribution in [0.3, 0.4) is 0 Å². The molecule has 1 aromatic carbocycles. The molecule has 0 N–H and O–H groups in total. The summed E-state index contributed by atoms with van der Waals surface area (Å²) >= 11 is 6.14. The van der Waals surface area contributed by atoms with Crippen molar-refractivity contribution in [2.24, 2.45) is 7.05 Å². The van der Waals surface area contributed by atoms with E-state index in [0.717, 1.165) is 11.1 Å². The number of halogens is 1. The molecule has 2 aromatic heterocycles. The Kier molecular flexibility index (Phi) is 3.51. The molecule has 0 bridgehead atoms. The van der Waals surface area contributed by atoms with E-state index in [4.69, 9.17) is 16.3 Å². The second kappa shape index (κ2) is 5.33. The molecule has 3 aromatic rings. The van der Waals surface area contributed by atoms with Crippen LogP contribution in [-0.2, 0) is 13.7 Å². The molecule has 0 aliphatic carbocycles. The second-order valence-corrected chi connectivity index (χ2v) is 5.33. The van der Waals surface area contributed by atoms with Gasteiger partial charge in [0.25, 0.3) is 0 Å². The maximum absolute atomic E-state index is 6.14. The molecule has 0 amide bonds. The molecular formula is C15H15ClN4O. The zero-order chi connectivity index (χ0) is 15.0. The number of hydrogen-bond acceptors (Lipinski definition) is 4. The Morgan fingerprint density at radius 1 is 1.19 bits per heavy atom. The molecule has 21 heavy (non-hydrogen) atoms. The molecule has 0 aliphatic heterocycles. The van der Waals surface area contributed by atoms with E-state index >= 15 is 0 Å². The number of aromatic nitrogens is 4. The average molecular weight is 303 g/mol. The third-order valence-corrected chi connectivity index (χ3v) is 3.73. The quantitative estimate of drug-likeness (QED) is 0.697. The first kappa shape index (κ1) is 13.8. The van der Waals surface area contributed by atoms with Crippen LogP contribution in [0.1, 0.15) is 17.0 Å². The van der Waals surface area contributed by atoms with Crippen LogP contribution in [0.4, 0.5) is 0 Å². The van der Waals surface area contributed by atoms with Gasteiger partial charge in [0.1, 0.15) is 17.5 Å². The van der Waals surface area contributed by atoms with Crippen LogP contribution >= 0.6 is 11.6 Å². The maximum Gasteiger partial charge on any atom is 0.170 e. The van der Waals surface area contributed by atoms with Crippen molar-refractivity contribution in [2.45, 2.75) is 20.5 Å². The van der Waals surface area contributed by atoms with E-state index in [1.54, 1.807) is 10.9 Å². The molecule has 0 saturated heterocycles. The first-order valence-corrected chi connectivity index (χ1v) is 6.96. The third kappa shape index (κ3) is 2.69. The predicted octanol–water partition coefficient (Wildman–Crippen LogP) is 3.21. The zero-order valence-electron chi connectivity index (χ0n) is 12.1. The van der Waals surface area contributed by atoms with Gasteiger partial charge in [-0.15, -0.1) is 0 Å².